The Morgan fingerprint density at radius 3 is 2.12 bits per heavy atom. The van der Waals surface area contributed by atoms with Crippen LogP contribution in [0.15, 0.2) is 0 Å². The smallest absolute Gasteiger partial charge is 0.365 e. The van der Waals surface area contributed by atoms with E-state index in [2.05, 4.69) is 12.2 Å². The van der Waals surface area contributed by atoms with Gasteiger partial charge >= 0.3 is 6.18 Å². The van der Waals surface area contributed by atoms with Crippen LogP contribution in [0.3, 0.4) is 0 Å². The molecule has 0 spiro atoms. The molecule has 0 unspecified atom stereocenters. The Morgan fingerprint density at radius 1 is 1.50 bits per heavy atom. The van der Waals surface area contributed by atoms with Gasteiger partial charge in [-0.1, -0.05) is 12.2 Å². The fraction of sp³-hybridized carbons (Fsp3) is 0.667. The van der Waals surface area contributed by atoms with E-state index in [0.717, 1.165) is 0 Å². The van der Waals surface area contributed by atoms with Gasteiger partial charge in [-0.15, -0.1) is 0 Å². The molecule has 47 valence electrons. The largest absolute Gasteiger partial charge is 0.405 e. The van der Waals surface area contributed by atoms with Crippen LogP contribution in [0.2, 0.25) is 0 Å². The Kier molecular flexibility index (Phi) is 2.75. The monoisotopic (exact) mass is 142 g/mol. The summed E-state index contributed by atoms with van der Waals surface area (Å²) in [5, 5.41) is 1.73. The van der Waals surface area contributed by atoms with Gasteiger partial charge in [-0.05, 0) is 0 Å². The molecular formula is C3H3F3NS. The molecule has 8 heavy (non-hydrogen) atoms. The molecule has 0 saturated carbocycles. The van der Waals surface area contributed by atoms with Crippen molar-refractivity contribution in [3.05, 3.63) is 0 Å². The van der Waals surface area contributed by atoms with E-state index in [4.69, 9.17) is 0 Å². The second kappa shape index (κ2) is 2.86. The van der Waals surface area contributed by atoms with Crippen molar-refractivity contribution in [3.8, 4) is 0 Å². The van der Waals surface area contributed by atoms with E-state index in [1.165, 1.54) is 0 Å². The summed E-state index contributed by atoms with van der Waals surface area (Å²) in [6, 6.07) is 0. The van der Waals surface area contributed by atoms with Crippen molar-refractivity contribution in [2.45, 2.75) is 6.18 Å². The summed E-state index contributed by atoms with van der Waals surface area (Å²) < 4.78 is 33.3. The van der Waals surface area contributed by atoms with Gasteiger partial charge in [0, 0.05) is 0 Å². The lowest BCUT2D eigenvalue weighted by atomic mass is 10.6. The fourth-order valence-corrected chi connectivity index (χ4v) is 0.208. The number of hydrogen-bond acceptors (Lipinski definition) is 1. The third-order valence-corrected chi connectivity index (χ3v) is 0.505. The highest BCUT2D eigenvalue weighted by atomic mass is 32.1. The van der Waals surface area contributed by atoms with Crippen LogP contribution in [-0.4, -0.2) is 18.2 Å². The standard InChI is InChI=1S/C3H3F3NS/c4-3(5,6)1-7-2-8/h1H2,(H,7,8). The van der Waals surface area contributed by atoms with Crippen molar-refractivity contribution in [1.82, 2.24) is 5.32 Å². The molecule has 0 bridgehead atoms. The molecule has 0 atom stereocenters. The molecule has 0 amide bonds. The van der Waals surface area contributed by atoms with Crippen molar-refractivity contribution in [1.29, 1.82) is 0 Å². The quantitative estimate of drug-likeness (QED) is 0.455. The normalized spacial score (nSPS) is 10.9. The van der Waals surface area contributed by atoms with Crippen LogP contribution in [0.5, 0.6) is 0 Å². The number of nitrogens with one attached hydrogen (secondary N) is 1. The molecule has 1 N–H and O–H groups in total. The molecular weight excluding hydrogens is 139 g/mol. The summed E-state index contributed by atoms with van der Waals surface area (Å²) in [5.74, 6) is 0. The number of halogens is 3. The lowest BCUT2D eigenvalue weighted by molar-refractivity contribution is -0.121. The number of thiocarbonyl (C=S) groups is 1. The number of hydrogen-bond donors (Lipinski definition) is 1. The van der Waals surface area contributed by atoms with E-state index in [9.17, 15) is 13.2 Å². The van der Waals surface area contributed by atoms with Gasteiger partial charge in [0.1, 0.15) is 12.0 Å². The Labute approximate surface area is 49.9 Å². The molecule has 5 heteroatoms. The molecule has 0 aromatic carbocycles. The third kappa shape index (κ3) is 5.68. The molecule has 0 aliphatic heterocycles. The van der Waals surface area contributed by atoms with Gasteiger partial charge in [-0.25, -0.2) is 0 Å². The Balaban J connectivity index is 3.24. The maximum Gasteiger partial charge on any atom is 0.405 e. The predicted octanol–water partition coefficient (Wildman–Crippen LogP) is 0.972. The van der Waals surface area contributed by atoms with Crippen LogP contribution in [-0.2, 0) is 0 Å². The second-order valence-corrected chi connectivity index (χ2v) is 1.27. The molecule has 0 rings (SSSR count). The molecule has 0 heterocycles. The first-order valence-corrected chi connectivity index (χ1v) is 2.14. The Hall–Kier alpha value is -0.320. The third-order valence-electron chi connectivity index (χ3n) is 0.361. The van der Waals surface area contributed by atoms with Crippen LogP contribution in [0.4, 0.5) is 13.2 Å². The van der Waals surface area contributed by atoms with Gasteiger partial charge in [0.2, 0.25) is 0 Å². The lowest BCUT2D eigenvalue weighted by Gasteiger charge is -2.02. The molecule has 1 nitrogen and oxygen atoms in total. The number of alkyl halides is 3. The summed E-state index contributed by atoms with van der Waals surface area (Å²) in [5.41, 5.74) is 1.74. The van der Waals surface area contributed by atoms with Crippen molar-refractivity contribution in [2.75, 3.05) is 6.54 Å². The first kappa shape index (κ1) is 7.68. The molecule has 0 saturated heterocycles. The highest BCUT2D eigenvalue weighted by Crippen LogP contribution is 2.11. The summed E-state index contributed by atoms with van der Waals surface area (Å²) in [4.78, 5) is 0. The Morgan fingerprint density at radius 2 is 2.00 bits per heavy atom. The first-order valence-electron chi connectivity index (χ1n) is 1.73. The Bertz CT molecular complexity index is 79.1. The highest BCUT2D eigenvalue weighted by molar-refractivity contribution is 7.78. The van der Waals surface area contributed by atoms with E-state index in [0.29, 0.717) is 0 Å². The van der Waals surface area contributed by atoms with Crippen molar-refractivity contribution < 1.29 is 13.2 Å². The molecule has 0 aliphatic rings. The first-order chi connectivity index (χ1) is 3.56. The van der Waals surface area contributed by atoms with Crippen LogP contribution >= 0.6 is 12.2 Å². The predicted molar refractivity (Wildman–Crippen MR) is 26.7 cm³/mol. The number of rotatable bonds is 2. The minimum Gasteiger partial charge on any atom is -0.365 e. The van der Waals surface area contributed by atoms with Crippen LogP contribution in [0, 0.1) is 0 Å². The van der Waals surface area contributed by atoms with Crippen LogP contribution < -0.4 is 5.32 Å². The fourth-order valence-electron chi connectivity index (χ4n) is 0.136. The van der Waals surface area contributed by atoms with Gasteiger partial charge in [0.15, 0.2) is 0 Å². The van der Waals surface area contributed by atoms with Gasteiger partial charge in [0.05, 0.1) is 0 Å². The minimum atomic E-state index is -4.19. The van der Waals surface area contributed by atoms with Gasteiger partial charge in [-0.3, -0.25) is 0 Å². The van der Waals surface area contributed by atoms with E-state index < -0.39 is 12.7 Å². The second-order valence-electron chi connectivity index (χ2n) is 1.07. The minimum absolute atomic E-state index is 1.10. The maximum absolute atomic E-state index is 11.1. The van der Waals surface area contributed by atoms with Gasteiger partial charge in [-0.2, -0.15) is 13.2 Å². The van der Waals surface area contributed by atoms with Crippen LogP contribution in [0.25, 0.3) is 0 Å². The molecule has 0 fully saturated rings. The zero-order chi connectivity index (χ0) is 6.62. The molecule has 0 aromatic heterocycles. The van der Waals surface area contributed by atoms with Crippen molar-refractivity contribution in [3.63, 3.8) is 0 Å². The maximum atomic E-state index is 11.1. The summed E-state index contributed by atoms with van der Waals surface area (Å²) in [7, 11) is 0. The zero-order valence-corrected chi connectivity index (χ0v) is 4.57. The van der Waals surface area contributed by atoms with Crippen molar-refractivity contribution >= 4 is 17.7 Å². The zero-order valence-electron chi connectivity index (χ0n) is 3.75. The average molecular weight is 142 g/mol. The van der Waals surface area contributed by atoms with Gasteiger partial charge < -0.3 is 5.32 Å². The summed E-state index contributed by atoms with van der Waals surface area (Å²) in [6.07, 6.45) is -4.19. The van der Waals surface area contributed by atoms with E-state index in [1.54, 1.807) is 10.8 Å². The SMILES string of the molecule is FC(F)(F)CN[C]=S. The van der Waals surface area contributed by atoms with E-state index >= 15 is 0 Å². The highest BCUT2D eigenvalue weighted by Gasteiger charge is 2.25. The molecule has 1 radical (unpaired) electrons. The van der Waals surface area contributed by atoms with E-state index in [1.807, 2.05) is 0 Å². The lowest BCUT2D eigenvalue weighted by Crippen LogP contribution is -2.26. The topological polar surface area (TPSA) is 12.0 Å². The van der Waals surface area contributed by atoms with Gasteiger partial charge in [0.25, 0.3) is 0 Å². The van der Waals surface area contributed by atoms with Crippen molar-refractivity contribution in [2.24, 2.45) is 0 Å². The van der Waals surface area contributed by atoms with E-state index in [-0.39, 0.29) is 0 Å². The molecule has 0 aromatic rings. The van der Waals surface area contributed by atoms with Crippen LogP contribution in [0.1, 0.15) is 0 Å². The summed E-state index contributed by atoms with van der Waals surface area (Å²) in [6.45, 7) is -1.10. The summed E-state index contributed by atoms with van der Waals surface area (Å²) >= 11 is 3.96. The molecule has 0 aliphatic carbocycles. The average Bonchev–Trinajstić information content (AvgIpc) is 1.59.